The highest BCUT2D eigenvalue weighted by Gasteiger charge is 2.27. The van der Waals surface area contributed by atoms with Crippen LogP contribution in [0.1, 0.15) is 43.7 Å². The van der Waals surface area contributed by atoms with E-state index in [0.29, 0.717) is 29.1 Å². The molecule has 1 aromatic heterocycles. The van der Waals surface area contributed by atoms with Crippen molar-refractivity contribution in [2.75, 3.05) is 17.6 Å². The van der Waals surface area contributed by atoms with Crippen LogP contribution in [0.2, 0.25) is 0 Å². The summed E-state index contributed by atoms with van der Waals surface area (Å²) in [5, 5.41) is 7.18. The summed E-state index contributed by atoms with van der Waals surface area (Å²) in [6.45, 7) is 3.26. The minimum atomic E-state index is -0.142. The molecular weight excluding hydrogens is 544 g/mol. The minimum absolute atomic E-state index is 0.00686. The van der Waals surface area contributed by atoms with Crippen molar-refractivity contribution in [2.24, 2.45) is 11.8 Å². The molecule has 0 aliphatic heterocycles. The molecule has 2 N–H and O–H groups in total. The van der Waals surface area contributed by atoms with Crippen molar-refractivity contribution in [3.8, 4) is 0 Å². The average molecular weight is 583 g/mol. The average Bonchev–Trinajstić information content (AvgIpc) is 3.03. The number of hydrogen-bond acceptors (Lipinski definition) is 5. The fraction of sp³-hybridized carbons (Fsp3) is 0.353. The maximum absolute atomic E-state index is 13.6. The Labute approximate surface area is 251 Å². The van der Waals surface area contributed by atoms with Gasteiger partial charge in [0.05, 0.1) is 16.7 Å². The zero-order valence-corrected chi connectivity index (χ0v) is 24.9. The van der Waals surface area contributed by atoms with Gasteiger partial charge in [-0.1, -0.05) is 73.3 Å². The van der Waals surface area contributed by atoms with E-state index in [9.17, 15) is 14.4 Å². The molecule has 2 amide bonds. The van der Waals surface area contributed by atoms with Crippen LogP contribution in [0.4, 0.5) is 5.69 Å². The van der Waals surface area contributed by atoms with Crippen LogP contribution in [0.25, 0.3) is 10.9 Å². The van der Waals surface area contributed by atoms with Gasteiger partial charge in [-0.25, -0.2) is 4.98 Å². The Bertz CT molecular complexity index is 1560. The second-order valence-corrected chi connectivity index (χ2v) is 11.9. The van der Waals surface area contributed by atoms with Crippen LogP contribution in [-0.4, -0.2) is 33.7 Å². The fourth-order valence-electron chi connectivity index (χ4n) is 5.55. The summed E-state index contributed by atoms with van der Waals surface area (Å²) in [7, 11) is 0. The van der Waals surface area contributed by atoms with Gasteiger partial charge < -0.3 is 10.6 Å². The third kappa shape index (κ3) is 7.68. The third-order valence-electron chi connectivity index (χ3n) is 8.02. The molecule has 1 saturated carbocycles. The molecule has 4 aromatic rings. The molecule has 218 valence electrons. The Morgan fingerprint density at radius 3 is 2.36 bits per heavy atom. The molecule has 8 heteroatoms. The third-order valence-corrected chi connectivity index (χ3v) is 9.00. The SMILES string of the molecule is CCc1ccc(NC(=O)CSc2nc3ccccc3c(=O)n2CC2CCC(C(=O)NCCc3ccccc3)CC2)cc1. The largest absolute Gasteiger partial charge is 0.356 e. The molecule has 1 heterocycles. The number of aromatic nitrogens is 2. The zero-order valence-electron chi connectivity index (χ0n) is 24.1. The summed E-state index contributed by atoms with van der Waals surface area (Å²) in [5.41, 5.74) is 3.73. The molecule has 7 nitrogen and oxygen atoms in total. The fourth-order valence-corrected chi connectivity index (χ4v) is 6.36. The van der Waals surface area contributed by atoms with E-state index < -0.39 is 0 Å². The summed E-state index contributed by atoms with van der Waals surface area (Å²) >= 11 is 1.29. The number of nitrogens with one attached hydrogen (secondary N) is 2. The monoisotopic (exact) mass is 582 g/mol. The number of fused-ring (bicyclic) bond motifs is 1. The number of amides is 2. The van der Waals surface area contributed by atoms with Gasteiger partial charge in [-0.3, -0.25) is 19.0 Å². The van der Waals surface area contributed by atoms with E-state index in [1.807, 2.05) is 60.7 Å². The zero-order chi connectivity index (χ0) is 29.3. The Morgan fingerprint density at radius 1 is 0.905 bits per heavy atom. The lowest BCUT2D eigenvalue weighted by molar-refractivity contribution is -0.126. The van der Waals surface area contributed by atoms with Gasteiger partial charge in [0.2, 0.25) is 11.8 Å². The van der Waals surface area contributed by atoms with E-state index >= 15 is 0 Å². The van der Waals surface area contributed by atoms with Crippen LogP contribution in [0, 0.1) is 11.8 Å². The lowest BCUT2D eigenvalue weighted by Crippen LogP contribution is -2.35. The number of carbonyl (C=O) groups is 2. The standard InChI is InChI=1S/C34H38N4O3S/c1-2-24-14-18-28(19-15-24)36-31(39)23-42-34-37-30-11-7-6-10-29(30)33(41)38(34)22-26-12-16-27(17-13-26)32(40)35-21-20-25-8-4-3-5-9-25/h3-11,14-15,18-19,26-27H,2,12-13,16-17,20-23H2,1H3,(H,35,40)(H,36,39). The topological polar surface area (TPSA) is 93.1 Å². The quantitative estimate of drug-likeness (QED) is 0.171. The normalized spacial score (nSPS) is 16.7. The van der Waals surface area contributed by atoms with Crippen molar-refractivity contribution in [1.29, 1.82) is 0 Å². The van der Waals surface area contributed by atoms with E-state index in [2.05, 4.69) is 29.7 Å². The van der Waals surface area contributed by atoms with Gasteiger partial charge in [-0.2, -0.15) is 0 Å². The molecule has 1 aliphatic rings. The van der Waals surface area contributed by atoms with Crippen LogP contribution in [0.15, 0.2) is 88.8 Å². The molecule has 0 saturated heterocycles. The predicted molar refractivity (Wildman–Crippen MR) is 170 cm³/mol. The number of anilines is 1. The van der Waals surface area contributed by atoms with E-state index in [1.165, 1.54) is 22.9 Å². The first-order chi connectivity index (χ1) is 20.5. The molecule has 0 bridgehead atoms. The number of hydrogen-bond donors (Lipinski definition) is 2. The van der Waals surface area contributed by atoms with Gasteiger partial charge >= 0.3 is 0 Å². The molecule has 0 unspecified atom stereocenters. The van der Waals surface area contributed by atoms with Gasteiger partial charge in [0.1, 0.15) is 0 Å². The highest BCUT2D eigenvalue weighted by molar-refractivity contribution is 7.99. The highest BCUT2D eigenvalue weighted by atomic mass is 32.2. The first-order valence-corrected chi connectivity index (χ1v) is 15.8. The molecule has 1 fully saturated rings. The molecular formula is C34H38N4O3S. The number of benzene rings is 3. The molecule has 5 rings (SSSR count). The first kappa shape index (κ1) is 29.6. The van der Waals surface area contributed by atoms with Crippen LogP contribution in [0.3, 0.4) is 0 Å². The summed E-state index contributed by atoms with van der Waals surface area (Å²) in [6.07, 6.45) is 5.11. The smallest absolute Gasteiger partial charge is 0.262 e. The Hall–Kier alpha value is -3.91. The molecule has 3 aromatic carbocycles. The lowest BCUT2D eigenvalue weighted by atomic mass is 9.81. The Balaban J connectivity index is 1.20. The lowest BCUT2D eigenvalue weighted by Gasteiger charge is -2.28. The van der Waals surface area contributed by atoms with Crippen LogP contribution in [0.5, 0.6) is 0 Å². The molecule has 0 atom stereocenters. The number of para-hydroxylation sites is 1. The molecule has 1 aliphatic carbocycles. The van der Waals surface area contributed by atoms with Crippen molar-refractivity contribution in [2.45, 2.75) is 57.1 Å². The van der Waals surface area contributed by atoms with E-state index in [4.69, 9.17) is 4.98 Å². The second-order valence-electron chi connectivity index (χ2n) is 11.0. The summed E-state index contributed by atoms with van der Waals surface area (Å²) in [6, 6.07) is 25.4. The molecule has 42 heavy (non-hydrogen) atoms. The molecule has 0 spiro atoms. The maximum atomic E-state index is 13.6. The number of aryl methyl sites for hydroxylation is 1. The van der Waals surface area contributed by atoms with Gasteiger partial charge in [-0.05, 0) is 79.8 Å². The van der Waals surface area contributed by atoms with Crippen LogP contribution < -0.4 is 16.2 Å². The Kier molecular flexibility index (Phi) is 10.1. The van der Waals surface area contributed by atoms with E-state index in [1.54, 1.807) is 10.6 Å². The van der Waals surface area contributed by atoms with Gasteiger partial charge in [0.15, 0.2) is 5.16 Å². The predicted octanol–water partition coefficient (Wildman–Crippen LogP) is 5.86. The van der Waals surface area contributed by atoms with E-state index in [-0.39, 0.29) is 35.0 Å². The minimum Gasteiger partial charge on any atom is -0.356 e. The van der Waals surface area contributed by atoms with Crippen molar-refractivity contribution < 1.29 is 9.59 Å². The van der Waals surface area contributed by atoms with Crippen molar-refractivity contribution in [3.05, 3.63) is 100 Å². The Morgan fingerprint density at radius 2 is 1.62 bits per heavy atom. The van der Waals surface area contributed by atoms with Crippen LogP contribution in [-0.2, 0) is 29.0 Å². The highest BCUT2D eigenvalue weighted by Crippen LogP contribution is 2.31. The van der Waals surface area contributed by atoms with Crippen molar-refractivity contribution in [1.82, 2.24) is 14.9 Å². The van der Waals surface area contributed by atoms with Gasteiger partial charge in [0, 0.05) is 24.7 Å². The summed E-state index contributed by atoms with van der Waals surface area (Å²) < 4.78 is 1.74. The number of carbonyl (C=O) groups excluding carboxylic acids is 2. The first-order valence-electron chi connectivity index (χ1n) is 14.8. The van der Waals surface area contributed by atoms with E-state index in [0.717, 1.165) is 44.2 Å². The maximum Gasteiger partial charge on any atom is 0.262 e. The van der Waals surface area contributed by atoms with Crippen molar-refractivity contribution in [3.63, 3.8) is 0 Å². The summed E-state index contributed by atoms with van der Waals surface area (Å²) in [4.78, 5) is 43.9. The van der Waals surface area contributed by atoms with Crippen molar-refractivity contribution >= 4 is 40.2 Å². The number of thioether (sulfide) groups is 1. The van der Waals surface area contributed by atoms with Crippen LogP contribution >= 0.6 is 11.8 Å². The number of nitrogens with zero attached hydrogens (tertiary/aromatic N) is 2. The molecule has 0 radical (unpaired) electrons. The number of rotatable bonds is 11. The summed E-state index contributed by atoms with van der Waals surface area (Å²) in [5.74, 6) is 0.408. The second kappa shape index (κ2) is 14.3. The van der Waals surface area contributed by atoms with Gasteiger partial charge in [0.25, 0.3) is 5.56 Å². The van der Waals surface area contributed by atoms with Gasteiger partial charge in [-0.15, -0.1) is 0 Å².